The molecule has 1 heterocycles. The third-order valence-corrected chi connectivity index (χ3v) is 3.21. The summed E-state index contributed by atoms with van der Waals surface area (Å²) in [7, 11) is 0. The van der Waals surface area contributed by atoms with Crippen LogP contribution in [0, 0.1) is 6.92 Å². The number of aromatic nitrogens is 2. The van der Waals surface area contributed by atoms with Crippen molar-refractivity contribution in [3.63, 3.8) is 0 Å². The number of hydrogen-bond donors (Lipinski definition) is 2. The predicted octanol–water partition coefficient (Wildman–Crippen LogP) is 3.25. The van der Waals surface area contributed by atoms with E-state index in [9.17, 15) is 4.79 Å². The third-order valence-electron chi connectivity index (χ3n) is 3.21. The van der Waals surface area contributed by atoms with Crippen molar-refractivity contribution >= 4 is 17.5 Å². The number of rotatable bonds is 5. The van der Waals surface area contributed by atoms with Crippen LogP contribution in [0.5, 0.6) is 0 Å². The van der Waals surface area contributed by atoms with Gasteiger partial charge in [-0.2, -0.15) is 0 Å². The maximum atomic E-state index is 12.1. The molecule has 5 nitrogen and oxygen atoms in total. The van der Waals surface area contributed by atoms with Crippen LogP contribution < -0.4 is 10.6 Å². The molecule has 0 spiro atoms. The van der Waals surface area contributed by atoms with Crippen LogP contribution in [0.15, 0.2) is 36.7 Å². The van der Waals surface area contributed by atoms with Crippen molar-refractivity contribution in [1.82, 2.24) is 9.97 Å². The van der Waals surface area contributed by atoms with Gasteiger partial charge in [0.1, 0.15) is 0 Å². The van der Waals surface area contributed by atoms with Gasteiger partial charge in [-0.05, 0) is 32.4 Å². The molecule has 0 aliphatic carbocycles. The van der Waals surface area contributed by atoms with Crippen molar-refractivity contribution in [2.24, 2.45) is 0 Å². The Kier molecular flexibility index (Phi) is 4.87. The molecular formula is C16H20N4O. The number of benzene rings is 1. The molecule has 0 bridgehead atoms. The van der Waals surface area contributed by atoms with E-state index in [2.05, 4.69) is 34.4 Å². The number of anilines is 2. The molecule has 0 aliphatic rings. The lowest BCUT2D eigenvalue weighted by atomic mass is 10.2. The van der Waals surface area contributed by atoms with Crippen LogP contribution in [-0.4, -0.2) is 21.9 Å². The van der Waals surface area contributed by atoms with Crippen molar-refractivity contribution in [2.75, 3.05) is 10.6 Å². The minimum Gasteiger partial charge on any atom is -0.352 e. The summed E-state index contributed by atoms with van der Waals surface area (Å²) in [6.45, 7) is 6.14. The quantitative estimate of drug-likeness (QED) is 0.884. The predicted molar refractivity (Wildman–Crippen MR) is 84.5 cm³/mol. The van der Waals surface area contributed by atoms with Gasteiger partial charge in [0.15, 0.2) is 0 Å². The van der Waals surface area contributed by atoms with E-state index in [-0.39, 0.29) is 5.91 Å². The minimum atomic E-state index is -0.214. The highest BCUT2D eigenvalue weighted by molar-refractivity contribution is 6.03. The maximum Gasteiger partial charge on any atom is 0.258 e. The Morgan fingerprint density at radius 3 is 2.38 bits per heavy atom. The first-order valence-corrected chi connectivity index (χ1v) is 7.05. The molecule has 1 aromatic heterocycles. The fraction of sp³-hybridized carbons (Fsp3) is 0.312. The molecule has 0 saturated carbocycles. The van der Waals surface area contributed by atoms with Crippen LogP contribution in [0.25, 0.3) is 0 Å². The summed E-state index contributed by atoms with van der Waals surface area (Å²) in [6.07, 6.45) is 4.04. The van der Waals surface area contributed by atoms with Gasteiger partial charge in [0, 0.05) is 24.1 Å². The Labute approximate surface area is 124 Å². The molecule has 1 unspecified atom stereocenters. The van der Waals surface area contributed by atoms with E-state index in [0.29, 0.717) is 17.6 Å². The molecule has 5 heteroatoms. The van der Waals surface area contributed by atoms with Gasteiger partial charge < -0.3 is 10.6 Å². The molecule has 1 atom stereocenters. The van der Waals surface area contributed by atoms with Gasteiger partial charge in [-0.3, -0.25) is 4.79 Å². The number of nitrogens with zero attached hydrogens (tertiary/aromatic N) is 2. The summed E-state index contributed by atoms with van der Waals surface area (Å²) in [5, 5.41) is 5.98. The first-order valence-electron chi connectivity index (χ1n) is 7.05. The normalized spacial score (nSPS) is 11.8. The summed E-state index contributed by atoms with van der Waals surface area (Å²) in [6, 6.07) is 7.94. The van der Waals surface area contributed by atoms with Gasteiger partial charge >= 0.3 is 0 Å². The number of carbonyl (C=O) groups excluding carboxylic acids is 1. The van der Waals surface area contributed by atoms with E-state index >= 15 is 0 Å². The van der Waals surface area contributed by atoms with Gasteiger partial charge in [-0.15, -0.1) is 0 Å². The first-order chi connectivity index (χ1) is 10.1. The topological polar surface area (TPSA) is 66.9 Å². The Bertz CT molecular complexity index is 593. The van der Waals surface area contributed by atoms with E-state index in [0.717, 1.165) is 17.7 Å². The summed E-state index contributed by atoms with van der Waals surface area (Å²) < 4.78 is 0. The number of carbonyl (C=O) groups is 1. The number of hydrogen-bond acceptors (Lipinski definition) is 4. The molecule has 0 fully saturated rings. The van der Waals surface area contributed by atoms with Crippen molar-refractivity contribution in [3.05, 3.63) is 47.8 Å². The van der Waals surface area contributed by atoms with Crippen molar-refractivity contribution < 1.29 is 4.79 Å². The molecule has 0 aliphatic heterocycles. The Morgan fingerprint density at radius 2 is 1.81 bits per heavy atom. The number of aryl methyl sites for hydroxylation is 1. The van der Waals surface area contributed by atoms with Gasteiger partial charge in [0.25, 0.3) is 5.91 Å². The van der Waals surface area contributed by atoms with Crippen molar-refractivity contribution in [1.29, 1.82) is 0 Å². The molecule has 21 heavy (non-hydrogen) atoms. The zero-order valence-electron chi connectivity index (χ0n) is 12.6. The first kappa shape index (κ1) is 15.0. The SMILES string of the molecule is CCC(C)Nc1ncc(C(=O)Nc2ccc(C)cc2)cn1. The summed E-state index contributed by atoms with van der Waals surface area (Å²) in [4.78, 5) is 20.4. The zero-order chi connectivity index (χ0) is 15.2. The second-order valence-corrected chi connectivity index (χ2v) is 5.07. The molecule has 1 amide bonds. The molecule has 0 radical (unpaired) electrons. The second kappa shape index (κ2) is 6.83. The fourth-order valence-corrected chi connectivity index (χ4v) is 1.68. The highest BCUT2D eigenvalue weighted by Crippen LogP contribution is 2.11. The van der Waals surface area contributed by atoms with E-state index in [1.54, 1.807) is 0 Å². The Morgan fingerprint density at radius 1 is 1.19 bits per heavy atom. The van der Waals surface area contributed by atoms with Crippen LogP contribution in [0.2, 0.25) is 0 Å². The van der Waals surface area contributed by atoms with Crippen LogP contribution >= 0.6 is 0 Å². The smallest absolute Gasteiger partial charge is 0.258 e. The van der Waals surface area contributed by atoms with Gasteiger partial charge in [-0.1, -0.05) is 24.6 Å². The summed E-state index contributed by atoms with van der Waals surface area (Å²) >= 11 is 0. The third kappa shape index (κ3) is 4.27. The van der Waals surface area contributed by atoms with E-state index in [4.69, 9.17) is 0 Å². The minimum absolute atomic E-state index is 0.214. The molecular weight excluding hydrogens is 264 g/mol. The highest BCUT2D eigenvalue weighted by Gasteiger charge is 2.08. The van der Waals surface area contributed by atoms with Gasteiger partial charge in [-0.25, -0.2) is 9.97 Å². The zero-order valence-corrected chi connectivity index (χ0v) is 12.6. The van der Waals surface area contributed by atoms with Crippen LogP contribution in [0.3, 0.4) is 0 Å². The molecule has 2 aromatic rings. The standard InChI is InChI=1S/C16H20N4O/c1-4-12(3)19-16-17-9-13(10-18-16)15(21)20-14-7-5-11(2)6-8-14/h5-10,12H,4H2,1-3H3,(H,20,21)(H,17,18,19). The van der Waals surface area contributed by atoms with E-state index in [1.807, 2.05) is 31.2 Å². The second-order valence-electron chi connectivity index (χ2n) is 5.07. The summed E-state index contributed by atoms with van der Waals surface area (Å²) in [5.74, 6) is 0.324. The fourth-order valence-electron chi connectivity index (χ4n) is 1.68. The van der Waals surface area contributed by atoms with Crippen LogP contribution in [0.1, 0.15) is 36.2 Å². The van der Waals surface area contributed by atoms with Crippen LogP contribution in [0.4, 0.5) is 11.6 Å². The van der Waals surface area contributed by atoms with E-state index < -0.39 is 0 Å². The number of nitrogens with one attached hydrogen (secondary N) is 2. The van der Waals surface area contributed by atoms with Gasteiger partial charge in [0.2, 0.25) is 5.95 Å². The van der Waals surface area contributed by atoms with Gasteiger partial charge in [0.05, 0.1) is 5.56 Å². The molecule has 2 rings (SSSR count). The maximum absolute atomic E-state index is 12.1. The lowest BCUT2D eigenvalue weighted by Gasteiger charge is -2.11. The molecule has 110 valence electrons. The largest absolute Gasteiger partial charge is 0.352 e. The Hall–Kier alpha value is -2.43. The monoisotopic (exact) mass is 284 g/mol. The van der Waals surface area contributed by atoms with Crippen LogP contribution in [-0.2, 0) is 0 Å². The van der Waals surface area contributed by atoms with E-state index in [1.165, 1.54) is 12.4 Å². The van der Waals surface area contributed by atoms with Crippen molar-refractivity contribution in [2.45, 2.75) is 33.2 Å². The summed E-state index contributed by atoms with van der Waals surface area (Å²) in [5.41, 5.74) is 2.34. The average Bonchev–Trinajstić information content (AvgIpc) is 2.50. The number of amides is 1. The highest BCUT2D eigenvalue weighted by atomic mass is 16.1. The molecule has 0 saturated heterocycles. The Balaban J connectivity index is 2.01. The molecule has 1 aromatic carbocycles. The van der Waals surface area contributed by atoms with Crippen molar-refractivity contribution in [3.8, 4) is 0 Å². The lowest BCUT2D eigenvalue weighted by Crippen LogP contribution is -2.17. The lowest BCUT2D eigenvalue weighted by molar-refractivity contribution is 0.102. The molecule has 2 N–H and O–H groups in total. The average molecular weight is 284 g/mol.